The van der Waals surface area contributed by atoms with Crippen molar-refractivity contribution in [3.05, 3.63) is 0 Å². The van der Waals surface area contributed by atoms with Gasteiger partial charge in [-0.15, -0.1) is 0 Å². The second-order valence-corrected chi connectivity index (χ2v) is 0. The van der Waals surface area contributed by atoms with Crippen LogP contribution in [0.5, 0.6) is 0 Å². The van der Waals surface area contributed by atoms with Gasteiger partial charge in [-0.3, -0.25) is 0 Å². The van der Waals surface area contributed by atoms with Gasteiger partial charge in [0.2, 0.25) is 0 Å². The second-order valence-electron chi connectivity index (χ2n) is 0. The molecule has 0 bridgehead atoms. The van der Waals surface area contributed by atoms with E-state index in [9.17, 15) is 0 Å². The third-order valence-corrected chi connectivity index (χ3v) is 0. The third-order valence-electron chi connectivity index (χ3n) is 0. The zero-order valence-corrected chi connectivity index (χ0v) is 6.47. The minimum absolute atomic E-state index is 0. The molecule has 3 nitrogen and oxygen atoms in total. The molecule has 2 radical (unpaired) electrons. The minimum Gasteiger partial charge on any atom is -2.00 e. The first-order chi connectivity index (χ1) is 0. The molecule has 0 unspecified atom stereocenters. The quantitative estimate of drug-likeness (QED) is 0.564. The van der Waals surface area contributed by atoms with Gasteiger partial charge >= 0.3 is 79.9 Å². The fourth-order valence-corrected chi connectivity index (χ4v) is 0. The van der Waals surface area contributed by atoms with Crippen molar-refractivity contribution in [1.82, 2.24) is 0 Å². The van der Waals surface area contributed by atoms with Gasteiger partial charge in [-0.1, -0.05) is 0 Å². The fourth-order valence-electron chi connectivity index (χ4n) is 0. The Labute approximate surface area is 94.2 Å². The number of rotatable bonds is 0. The molecule has 0 saturated carbocycles. The van der Waals surface area contributed by atoms with Crippen LogP contribution in [0.1, 0.15) is 0 Å². The first kappa shape index (κ1) is 50.2. The SMILES string of the molecule is [Gd+3].[Gd+3].[O-2].[O-2].[O-2]. The van der Waals surface area contributed by atoms with Gasteiger partial charge in [-0.05, 0) is 0 Å². The average molecular weight is 362 g/mol. The molecule has 0 aromatic rings. The first-order valence-electron chi connectivity index (χ1n) is 0. The Morgan fingerprint density at radius 3 is 0.400 bits per heavy atom. The molecule has 0 spiro atoms. The Morgan fingerprint density at radius 2 is 0.400 bits per heavy atom. The summed E-state index contributed by atoms with van der Waals surface area (Å²) in [5.41, 5.74) is 0. The Morgan fingerprint density at radius 1 is 0.400 bits per heavy atom. The zero-order valence-electron chi connectivity index (χ0n) is 1.93. The maximum Gasteiger partial charge on any atom is 3.00 e. The van der Waals surface area contributed by atoms with Crippen molar-refractivity contribution in [2.45, 2.75) is 0 Å². The van der Waals surface area contributed by atoms with Gasteiger partial charge in [0, 0.05) is 0 Å². The predicted octanol–water partition coefficient (Wildman–Crippen LogP) is -0.356. The maximum absolute atomic E-state index is 0. The molecule has 5 heteroatoms. The van der Waals surface area contributed by atoms with Crippen molar-refractivity contribution in [3.63, 3.8) is 0 Å². The summed E-state index contributed by atoms with van der Waals surface area (Å²) in [7, 11) is 0. The van der Waals surface area contributed by atoms with Crippen LogP contribution in [0.4, 0.5) is 0 Å². The van der Waals surface area contributed by atoms with Gasteiger partial charge in [-0.25, -0.2) is 0 Å². The molecule has 0 aliphatic carbocycles. The Hall–Kier alpha value is 2.53. The molecule has 0 aliphatic heterocycles. The zero-order chi connectivity index (χ0) is 0. The van der Waals surface area contributed by atoms with Gasteiger partial charge in [-0.2, -0.15) is 0 Å². The van der Waals surface area contributed by atoms with Gasteiger partial charge in [0.05, 0.1) is 0 Å². The molecular formula is Gd2O3. The van der Waals surface area contributed by atoms with E-state index in [0.717, 1.165) is 0 Å². The van der Waals surface area contributed by atoms with E-state index in [1.54, 1.807) is 0 Å². The van der Waals surface area contributed by atoms with Gasteiger partial charge in [0.15, 0.2) is 0 Å². The van der Waals surface area contributed by atoms with Crippen LogP contribution >= 0.6 is 0 Å². The smallest absolute Gasteiger partial charge is 2.00 e. The number of hydrogen-bond donors (Lipinski definition) is 0. The standard InChI is InChI=1S/2Gd.3O/q2*+3;3*-2. The Kier molecular flexibility index (Phi) is 313. The van der Waals surface area contributed by atoms with Crippen molar-refractivity contribution >= 4 is 0 Å². The van der Waals surface area contributed by atoms with Crippen LogP contribution in [0.15, 0.2) is 0 Å². The molecule has 0 saturated heterocycles. The fraction of sp³-hybridized carbons (Fsp3) is 0. The van der Waals surface area contributed by atoms with Gasteiger partial charge in [0.1, 0.15) is 0 Å². The largest absolute Gasteiger partial charge is 3.00 e. The summed E-state index contributed by atoms with van der Waals surface area (Å²) in [6, 6.07) is 0. The average Bonchev–Trinajstić information content (AvgIpc) is 0. The molecule has 0 aliphatic rings. The van der Waals surface area contributed by atoms with E-state index in [2.05, 4.69) is 0 Å². The molecule has 0 N–H and O–H groups in total. The van der Waals surface area contributed by atoms with Crippen LogP contribution in [-0.2, 0) is 16.4 Å². The first-order valence-corrected chi connectivity index (χ1v) is 0. The van der Waals surface area contributed by atoms with Crippen LogP contribution in [0.25, 0.3) is 0 Å². The van der Waals surface area contributed by atoms with Crippen molar-refractivity contribution in [2.75, 3.05) is 0 Å². The summed E-state index contributed by atoms with van der Waals surface area (Å²) >= 11 is 0. The molecule has 5 heavy (non-hydrogen) atoms. The number of hydrogen-bond acceptors (Lipinski definition) is 0. The maximum atomic E-state index is 0. The van der Waals surface area contributed by atoms with Crippen LogP contribution in [0.2, 0.25) is 0 Å². The van der Waals surface area contributed by atoms with E-state index in [1.807, 2.05) is 0 Å². The normalized spacial score (nSPS) is 0. The summed E-state index contributed by atoms with van der Waals surface area (Å²) in [5.74, 6) is 0. The molecule has 0 heterocycles. The van der Waals surface area contributed by atoms with E-state index in [4.69, 9.17) is 0 Å². The molecule has 0 atom stereocenters. The molecule has 34 valence electrons. The summed E-state index contributed by atoms with van der Waals surface area (Å²) < 4.78 is 0. The summed E-state index contributed by atoms with van der Waals surface area (Å²) in [6.45, 7) is 0. The second kappa shape index (κ2) is 31.2. The monoisotopic (exact) mass is 364 g/mol. The van der Waals surface area contributed by atoms with Crippen LogP contribution in [0.3, 0.4) is 0 Å². The van der Waals surface area contributed by atoms with Crippen LogP contribution in [0, 0.1) is 79.9 Å². The molecule has 0 amide bonds. The molecule has 0 aromatic heterocycles. The van der Waals surface area contributed by atoms with Crippen molar-refractivity contribution < 1.29 is 96.3 Å². The van der Waals surface area contributed by atoms with Gasteiger partial charge in [0.25, 0.3) is 0 Å². The third kappa shape index (κ3) is 20.9. The summed E-state index contributed by atoms with van der Waals surface area (Å²) in [6.07, 6.45) is 0. The van der Waals surface area contributed by atoms with E-state index in [1.165, 1.54) is 0 Å². The van der Waals surface area contributed by atoms with E-state index in [0.29, 0.717) is 0 Å². The van der Waals surface area contributed by atoms with E-state index < -0.39 is 0 Å². The Bertz CT molecular complexity index is 4.85. The van der Waals surface area contributed by atoms with Crippen molar-refractivity contribution in [2.24, 2.45) is 0 Å². The molecular weight excluding hydrogens is 362 g/mol. The topological polar surface area (TPSA) is 85.5 Å². The minimum atomic E-state index is 0. The van der Waals surface area contributed by atoms with Crippen molar-refractivity contribution in [1.29, 1.82) is 0 Å². The van der Waals surface area contributed by atoms with Crippen LogP contribution < -0.4 is 0 Å². The van der Waals surface area contributed by atoms with Gasteiger partial charge < -0.3 is 16.4 Å². The molecule has 0 fully saturated rings. The van der Waals surface area contributed by atoms with Crippen LogP contribution in [-0.4, -0.2) is 0 Å². The summed E-state index contributed by atoms with van der Waals surface area (Å²) in [4.78, 5) is 0. The van der Waals surface area contributed by atoms with Crippen molar-refractivity contribution in [3.8, 4) is 0 Å². The summed E-state index contributed by atoms with van der Waals surface area (Å²) in [5, 5.41) is 0. The van der Waals surface area contributed by atoms with E-state index in [-0.39, 0.29) is 96.3 Å². The molecule has 0 rings (SSSR count). The predicted molar refractivity (Wildman–Crippen MR) is 2.06 cm³/mol. The Balaban J connectivity index is 0. The van der Waals surface area contributed by atoms with E-state index >= 15 is 0 Å². The molecule has 0 aromatic carbocycles.